The zero-order valence-electron chi connectivity index (χ0n) is 12.0. The van der Waals surface area contributed by atoms with E-state index in [0.29, 0.717) is 5.92 Å². The van der Waals surface area contributed by atoms with Crippen LogP contribution >= 0.6 is 0 Å². The first-order valence-electron chi connectivity index (χ1n) is 6.73. The molecular formula is C14H25N2O2. The summed E-state index contributed by atoms with van der Waals surface area (Å²) in [5, 5.41) is 0. The maximum Gasteiger partial charge on any atom is 0.210 e. The molecule has 1 aliphatic rings. The van der Waals surface area contributed by atoms with Crippen LogP contribution in [0.4, 0.5) is 0 Å². The molecule has 0 saturated carbocycles. The molecule has 1 fully saturated rings. The van der Waals surface area contributed by atoms with E-state index in [1.807, 2.05) is 13.8 Å². The third-order valence-corrected chi connectivity index (χ3v) is 3.58. The summed E-state index contributed by atoms with van der Waals surface area (Å²) in [6, 6.07) is -0.0752. The van der Waals surface area contributed by atoms with Gasteiger partial charge in [0.1, 0.15) is 0 Å². The van der Waals surface area contributed by atoms with Crippen molar-refractivity contribution in [2.45, 2.75) is 40.2 Å². The number of hydrogen-bond acceptors (Lipinski definition) is 3. The summed E-state index contributed by atoms with van der Waals surface area (Å²) in [5.74, 6) is 0.594. The average molecular weight is 253 g/mol. The fourth-order valence-corrected chi connectivity index (χ4v) is 2.59. The summed E-state index contributed by atoms with van der Waals surface area (Å²) in [5.41, 5.74) is -0.611. The molecule has 0 N–H and O–H groups in total. The van der Waals surface area contributed by atoms with Crippen LogP contribution in [0.1, 0.15) is 34.1 Å². The third kappa shape index (κ3) is 3.80. The lowest BCUT2D eigenvalue weighted by atomic mass is 9.85. The van der Waals surface area contributed by atoms with Crippen LogP contribution in [0.25, 0.3) is 0 Å². The molecule has 1 aliphatic heterocycles. The highest BCUT2D eigenvalue weighted by Gasteiger charge is 2.37. The molecule has 0 aromatic carbocycles. The Morgan fingerprint density at radius 2 is 2.06 bits per heavy atom. The van der Waals surface area contributed by atoms with Crippen molar-refractivity contribution in [3.63, 3.8) is 0 Å². The van der Waals surface area contributed by atoms with E-state index in [4.69, 9.17) is 0 Å². The molecule has 0 spiro atoms. The Morgan fingerprint density at radius 1 is 1.39 bits per heavy atom. The molecule has 1 unspecified atom stereocenters. The standard InChI is InChI=1S/C14H25N2O2/c1-12(2)8-15-6-5-7-16(11-18)13(9-15)14(3,4)10-17/h11-13H,5-9H2,1-4H3. The first-order valence-corrected chi connectivity index (χ1v) is 6.73. The molecule has 1 atom stereocenters. The van der Waals surface area contributed by atoms with Crippen molar-refractivity contribution in [1.29, 1.82) is 0 Å². The summed E-state index contributed by atoms with van der Waals surface area (Å²) in [4.78, 5) is 26.5. The van der Waals surface area contributed by atoms with Gasteiger partial charge < -0.3 is 9.80 Å². The number of hydrogen-bond donors (Lipinski definition) is 0. The van der Waals surface area contributed by atoms with Crippen LogP contribution in [0.2, 0.25) is 0 Å². The Hall–Kier alpha value is -0.900. The van der Waals surface area contributed by atoms with Gasteiger partial charge in [-0.3, -0.25) is 9.59 Å². The van der Waals surface area contributed by atoms with Gasteiger partial charge in [0, 0.05) is 19.6 Å². The maximum absolute atomic E-state index is 11.2. The lowest BCUT2D eigenvalue weighted by molar-refractivity contribution is -0.121. The second-order valence-electron chi connectivity index (χ2n) is 6.19. The number of carbonyl (C=O) groups is 1. The summed E-state index contributed by atoms with van der Waals surface area (Å²) in [7, 11) is 0. The van der Waals surface area contributed by atoms with Crippen LogP contribution < -0.4 is 0 Å². The van der Waals surface area contributed by atoms with E-state index in [-0.39, 0.29) is 6.04 Å². The Morgan fingerprint density at radius 3 is 2.56 bits per heavy atom. The first-order chi connectivity index (χ1) is 8.40. The van der Waals surface area contributed by atoms with Crippen molar-refractivity contribution in [1.82, 2.24) is 9.80 Å². The Balaban J connectivity index is 2.84. The predicted octanol–water partition coefficient (Wildman–Crippen LogP) is 1.31. The van der Waals surface area contributed by atoms with Crippen LogP contribution in [0.5, 0.6) is 0 Å². The number of rotatable bonds is 5. The van der Waals surface area contributed by atoms with Gasteiger partial charge in [-0.1, -0.05) is 27.7 Å². The van der Waals surface area contributed by atoms with Gasteiger partial charge in [-0.2, -0.15) is 0 Å². The van der Waals surface area contributed by atoms with Crippen LogP contribution in [-0.4, -0.2) is 54.7 Å². The highest BCUT2D eigenvalue weighted by Crippen LogP contribution is 2.25. The number of nitrogens with zero attached hydrogens (tertiary/aromatic N) is 2. The SMILES string of the molecule is CC(C)CN1CCCN(C=O)C(C(C)(C)[C]=O)C1. The van der Waals surface area contributed by atoms with Crippen molar-refractivity contribution < 1.29 is 9.59 Å². The van der Waals surface area contributed by atoms with Gasteiger partial charge >= 0.3 is 0 Å². The van der Waals surface area contributed by atoms with Crippen LogP contribution in [0, 0.1) is 11.3 Å². The summed E-state index contributed by atoms with van der Waals surface area (Å²) in [6.45, 7) is 11.6. The smallest absolute Gasteiger partial charge is 0.210 e. The molecule has 0 aromatic heterocycles. The van der Waals surface area contributed by atoms with Gasteiger partial charge in [-0.25, -0.2) is 0 Å². The average Bonchev–Trinajstić information content (AvgIpc) is 2.50. The molecule has 0 aromatic rings. The highest BCUT2D eigenvalue weighted by atomic mass is 16.1. The second kappa shape index (κ2) is 6.32. The minimum atomic E-state index is -0.611. The minimum absolute atomic E-state index is 0.0752. The number of carbonyl (C=O) groups excluding carboxylic acids is 2. The van der Waals surface area contributed by atoms with Crippen molar-refractivity contribution in [3.05, 3.63) is 0 Å². The van der Waals surface area contributed by atoms with Gasteiger partial charge in [0.15, 0.2) is 0 Å². The second-order valence-corrected chi connectivity index (χ2v) is 6.19. The zero-order chi connectivity index (χ0) is 13.8. The quantitative estimate of drug-likeness (QED) is 0.694. The first kappa shape index (κ1) is 15.2. The Labute approximate surface area is 110 Å². The van der Waals surface area contributed by atoms with E-state index >= 15 is 0 Å². The Kier molecular flexibility index (Phi) is 5.32. The predicted molar refractivity (Wildman–Crippen MR) is 71.9 cm³/mol. The lowest BCUT2D eigenvalue weighted by Gasteiger charge is -2.37. The van der Waals surface area contributed by atoms with E-state index in [9.17, 15) is 9.59 Å². The van der Waals surface area contributed by atoms with Crippen LogP contribution in [-0.2, 0) is 9.59 Å². The monoisotopic (exact) mass is 253 g/mol. The van der Waals surface area contributed by atoms with E-state index in [0.717, 1.165) is 39.0 Å². The molecule has 103 valence electrons. The largest absolute Gasteiger partial charge is 0.340 e. The van der Waals surface area contributed by atoms with Crippen molar-refractivity contribution in [2.24, 2.45) is 11.3 Å². The minimum Gasteiger partial charge on any atom is -0.340 e. The summed E-state index contributed by atoms with van der Waals surface area (Å²) >= 11 is 0. The lowest BCUT2D eigenvalue weighted by Crippen LogP contribution is -2.50. The molecular weight excluding hydrogens is 228 g/mol. The fraction of sp³-hybridized carbons (Fsp3) is 0.857. The van der Waals surface area contributed by atoms with E-state index in [2.05, 4.69) is 25.0 Å². The van der Waals surface area contributed by atoms with Crippen molar-refractivity contribution in [2.75, 3.05) is 26.2 Å². The van der Waals surface area contributed by atoms with Crippen molar-refractivity contribution in [3.8, 4) is 0 Å². The molecule has 0 aliphatic carbocycles. The van der Waals surface area contributed by atoms with Gasteiger partial charge in [0.25, 0.3) is 0 Å². The molecule has 1 amide bonds. The molecule has 1 saturated heterocycles. The van der Waals surface area contributed by atoms with Crippen LogP contribution in [0.15, 0.2) is 0 Å². The van der Waals surface area contributed by atoms with Gasteiger partial charge in [-0.05, 0) is 18.9 Å². The van der Waals surface area contributed by atoms with E-state index in [1.54, 1.807) is 4.90 Å². The normalized spacial score (nSPS) is 22.9. The highest BCUT2D eigenvalue weighted by molar-refractivity contribution is 5.62. The molecule has 18 heavy (non-hydrogen) atoms. The van der Waals surface area contributed by atoms with Crippen LogP contribution in [0.3, 0.4) is 0 Å². The number of amides is 1. The topological polar surface area (TPSA) is 40.6 Å². The molecule has 4 nitrogen and oxygen atoms in total. The van der Waals surface area contributed by atoms with Gasteiger partial charge in [-0.15, -0.1) is 0 Å². The zero-order valence-corrected chi connectivity index (χ0v) is 12.0. The Bertz CT molecular complexity index is 290. The molecule has 1 rings (SSSR count). The summed E-state index contributed by atoms with van der Waals surface area (Å²) in [6.07, 6.45) is 3.95. The summed E-state index contributed by atoms with van der Waals surface area (Å²) < 4.78 is 0. The van der Waals surface area contributed by atoms with Crippen molar-refractivity contribution >= 4 is 12.7 Å². The molecule has 0 bridgehead atoms. The third-order valence-electron chi connectivity index (χ3n) is 3.58. The van der Waals surface area contributed by atoms with Gasteiger partial charge in [0.2, 0.25) is 12.7 Å². The van der Waals surface area contributed by atoms with Gasteiger partial charge in [0.05, 0.1) is 11.5 Å². The molecule has 4 heteroatoms. The molecule has 1 radical (unpaired) electrons. The van der Waals surface area contributed by atoms with E-state index < -0.39 is 5.41 Å². The van der Waals surface area contributed by atoms with E-state index in [1.165, 1.54) is 0 Å². The molecule has 1 heterocycles. The fourth-order valence-electron chi connectivity index (χ4n) is 2.59. The maximum atomic E-state index is 11.2.